The van der Waals surface area contributed by atoms with Crippen LogP contribution < -0.4 is 5.32 Å². The maximum absolute atomic E-state index is 13.9. The zero-order chi connectivity index (χ0) is 18.7. The Morgan fingerprint density at radius 3 is 2.77 bits per heavy atom. The molecule has 1 aliphatic rings. The van der Waals surface area contributed by atoms with E-state index in [0.29, 0.717) is 16.5 Å². The van der Waals surface area contributed by atoms with Crippen LogP contribution in [-0.2, 0) is 17.6 Å². The predicted molar refractivity (Wildman–Crippen MR) is 100 cm³/mol. The highest BCUT2D eigenvalue weighted by atomic mass is 32.1. The maximum Gasteiger partial charge on any atom is 0.341 e. The Bertz CT molecular complexity index is 830. The number of halogens is 1. The lowest BCUT2D eigenvalue weighted by Crippen LogP contribution is -2.17. The molecule has 4 nitrogen and oxygen atoms in total. The Morgan fingerprint density at radius 1 is 1.31 bits per heavy atom. The van der Waals surface area contributed by atoms with Crippen molar-refractivity contribution in [2.45, 2.75) is 39.5 Å². The first-order valence-corrected chi connectivity index (χ1v) is 9.74. The molecule has 2 aromatic rings. The Kier molecular flexibility index (Phi) is 5.71. The van der Waals surface area contributed by atoms with Crippen LogP contribution in [0.15, 0.2) is 24.3 Å². The number of rotatable bonds is 5. The molecule has 1 heterocycles. The Morgan fingerprint density at radius 2 is 2.08 bits per heavy atom. The van der Waals surface area contributed by atoms with Gasteiger partial charge in [-0.1, -0.05) is 25.5 Å². The Balaban J connectivity index is 1.95. The van der Waals surface area contributed by atoms with Crippen LogP contribution in [-0.4, -0.2) is 18.5 Å². The number of carbonyl (C=O) groups is 2. The molecule has 0 unspecified atom stereocenters. The molecule has 0 saturated heterocycles. The minimum absolute atomic E-state index is 0.0416. The van der Waals surface area contributed by atoms with Gasteiger partial charge in [-0.2, -0.15) is 0 Å². The number of anilines is 1. The topological polar surface area (TPSA) is 55.4 Å². The highest BCUT2D eigenvalue weighted by Crippen LogP contribution is 2.41. The lowest BCUT2D eigenvalue weighted by Gasteiger charge is -2.20. The van der Waals surface area contributed by atoms with Crippen LogP contribution in [0.3, 0.4) is 0 Å². The summed E-state index contributed by atoms with van der Waals surface area (Å²) in [6.07, 6.45) is 3.81. The van der Waals surface area contributed by atoms with Gasteiger partial charge < -0.3 is 10.1 Å². The SMILES string of the molecule is CCOC(=O)c1c(NC(=O)c2ccccc2F)sc2c1CC[C@H](CC)C2. The quantitative estimate of drug-likeness (QED) is 0.762. The van der Waals surface area contributed by atoms with Crippen molar-refractivity contribution in [2.24, 2.45) is 5.92 Å². The van der Waals surface area contributed by atoms with E-state index in [1.807, 2.05) is 0 Å². The van der Waals surface area contributed by atoms with E-state index in [4.69, 9.17) is 4.74 Å². The smallest absolute Gasteiger partial charge is 0.341 e. The molecule has 1 amide bonds. The summed E-state index contributed by atoms with van der Waals surface area (Å²) in [6.45, 7) is 4.18. The molecule has 0 bridgehead atoms. The standard InChI is InChI=1S/C20H22FNO3S/c1-3-12-9-10-14-16(11-12)26-19(17(14)20(24)25-4-2)22-18(23)13-7-5-6-8-15(13)21/h5-8,12H,3-4,9-11H2,1-2H3,(H,22,23)/t12-/m0/s1. The molecule has 1 aromatic heterocycles. The minimum atomic E-state index is -0.588. The van der Waals surface area contributed by atoms with Crippen molar-refractivity contribution < 1.29 is 18.7 Å². The molecule has 3 rings (SSSR count). The summed E-state index contributed by atoms with van der Waals surface area (Å²) in [6, 6.07) is 5.81. The van der Waals surface area contributed by atoms with Crippen molar-refractivity contribution in [3.8, 4) is 0 Å². The number of nitrogens with one attached hydrogen (secondary N) is 1. The van der Waals surface area contributed by atoms with Gasteiger partial charge in [0, 0.05) is 4.88 Å². The average Bonchev–Trinajstić information content (AvgIpc) is 2.98. The molecule has 138 valence electrons. The van der Waals surface area contributed by atoms with Crippen LogP contribution in [0.5, 0.6) is 0 Å². The first kappa shape index (κ1) is 18.6. The molecule has 6 heteroatoms. The van der Waals surface area contributed by atoms with Crippen LogP contribution in [0.25, 0.3) is 0 Å². The zero-order valence-electron chi connectivity index (χ0n) is 14.9. The molecule has 1 atom stereocenters. The van der Waals surface area contributed by atoms with E-state index in [0.717, 1.165) is 36.1 Å². The molecular weight excluding hydrogens is 353 g/mol. The van der Waals surface area contributed by atoms with E-state index in [1.54, 1.807) is 13.0 Å². The third kappa shape index (κ3) is 3.65. The number of hydrogen-bond donors (Lipinski definition) is 1. The monoisotopic (exact) mass is 375 g/mol. The van der Waals surface area contributed by atoms with Crippen LogP contribution in [0.2, 0.25) is 0 Å². The predicted octanol–water partition coefficient (Wildman–Crippen LogP) is 4.83. The molecule has 0 radical (unpaired) electrons. The normalized spacial score (nSPS) is 16.0. The lowest BCUT2D eigenvalue weighted by molar-refractivity contribution is 0.0526. The fraction of sp³-hybridized carbons (Fsp3) is 0.400. The second kappa shape index (κ2) is 7.99. The van der Waals surface area contributed by atoms with E-state index in [9.17, 15) is 14.0 Å². The van der Waals surface area contributed by atoms with Crippen molar-refractivity contribution in [3.05, 3.63) is 51.7 Å². The Hall–Kier alpha value is -2.21. The van der Waals surface area contributed by atoms with E-state index in [1.165, 1.54) is 29.5 Å². The van der Waals surface area contributed by atoms with Crippen molar-refractivity contribution >= 4 is 28.2 Å². The molecule has 1 aromatic carbocycles. The second-order valence-corrected chi connectivity index (χ2v) is 7.48. The van der Waals surface area contributed by atoms with Crippen molar-refractivity contribution in [1.82, 2.24) is 0 Å². The van der Waals surface area contributed by atoms with Gasteiger partial charge in [-0.05, 0) is 49.8 Å². The molecular formula is C20H22FNO3S. The van der Waals surface area contributed by atoms with Gasteiger partial charge in [0.25, 0.3) is 5.91 Å². The first-order chi connectivity index (χ1) is 12.5. The Labute approximate surface area is 156 Å². The molecule has 0 fully saturated rings. The molecule has 1 N–H and O–H groups in total. The number of amides is 1. The average molecular weight is 375 g/mol. The van der Waals surface area contributed by atoms with Crippen molar-refractivity contribution in [2.75, 3.05) is 11.9 Å². The van der Waals surface area contributed by atoms with Gasteiger partial charge in [-0.25, -0.2) is 9.18 Å². The number of benzene rings is 1. The van der Waals surface area contributed by atoms with E-state index in [2.05, 4.69) is 12.2 Å². The van der Waals surface area contributed by atoms with E-state index < -0.39 is 17.7 Å². The fourth-order valence-corrected chi connectivity index (χ4v) is 4.67. The van der Waals surface area contributed by atoms with Crippen molar-refractivity contribution in [3.63, 3.8) is 0 Å². The highest BCUT2D eigenvalue weighted by Gasteiger charge is 2.30. The van der Waals surface area contributed by atoms with Gasteiger partial charge in [0.05, 0.1) is 17.7 Å². The second-order valence-electron chi connectivity index (χ2n) is 6.38. The number of thiophene rings is 1. The fourth-order valence-electron chi connectivity index (χ4n) is 3.33. The third-order valence-electron chi connectivity index (χ3n) is 4.77. The van der Waals surface area contributed by atoms with Crippen LogP contribution in [0, 0.1) is 11.7 Å². The zero-order valence-corrected chi connectivity index (χ0v) is 15.7. The largest absolute Gasteiger partial charge is 0.462 e. The van der Waals surface area contributed by atoms with Crippen LogP contribution in [0.4, 0.5) is 9.39 Å². The summed E-state index contributed by atoms with van der Waals surface area (Å²) in [4.78, 5) is 26.1. The summed E-state index contributed by atoms with van der Waals surface area (Å²) >= 11 is 1.41. The van der Waals surface area contributed by atoms with Gasteiger partial charge >= 0.3 is 5.97 Å². The summed E-state index contributed by atoms with van der Waals surface area (Å²) < 4.78 is 19.1. The summed E-state index contributed by atoms with van der Waals surface area (Å²) in [5.41, 5.74) is 1.37. The van der Waals surface area contributed by atoms with E-state index in [-0.39, 0.29) is 12.2 Å². The number of ether oxygens (including phenoxy) is 1. The molecule has 0 saturated carbocycles. The maximum atomic E-state index is 13.9. The summed E-state index contributed by atoms with van der Waals surface area (Å²) in [5, 5.41) is 3.19. The number of carbonyl (C=O) groups excluding carboxylic acids is 2. The highest BCUT2D eigenvalue weighted by molar-refractivity contribution is 7.17. The molecule has 0 spiro atoms. The molecule has 1 aliphatic carbocycles. The molecule has 0 aliphatic heterocycles. The number of fused-ring (bicyclic) bond motifs is 1. The van der Waals surface area contributed by atoms with Crippen LogP contribution in [0.1, 0.15) is 57.8 Å². The number of hydrogen-bond acceptors (Lipinski definition) is 4. The van der Waals surface area contributed by atoms with Gasteiger partial charge in [-0.15, -0.1) is 11.3 Å². The van der Waals surface area contributed by atoms with Gasteiger partial charge in [0.15, 0.2) is 0 Å². The van der Waals surface area contributed by atoms with Crippen molar-refractivity contribution in [1.29, 1.82) is 0 Å². The first-order valence-electron chi connectivity index (χ1n) is 8.92. The molecule has 26 heavy (non-hydrogen) atoms. The van der Waals surface area contributed by atoms with Gasteiger partial charge in [0.1, 0.15) is 10.8 Å². The summed E-state index contributed by atoms with van der Waals surface area (Å²) in [5.74, 6) is -0.982. The minimum Gasteiger partial charge on any atom is -0.462 e. The lowest BCUT2D eigenvalue weighted by atomic mass is 9.85. The third-order valence-corrected chi connectivity index (χ3v) is 5.94. The van der Waals surface area contributed by atoms with Crippen LogP contribution >= 0.6 is 11.3 Å². The van der Waals surface area contributed by atoms with E-state index >= 15 is 0 Å². The summed E-state index contributed by atoms with van der Waals surface area (Å²) in [7, 11) is 0. The number of esters is 1. The van der Waals surface area contributed by atoms with Gasteiger partial charge in [0.2, 0.25) is 0 Å². The van der Waals surface area contributed by atoms with Gasteiger partial charge in [-0.3, -0.25) is 4.79 Å².